The first-order chi connectivity index (χ1) is 14.7. The molecule has 0 saturated heterocycles. The van der Waals surface area contributed by atoms with Crippen LogP contribution in [0.2, 0.25) is 5.02 Å². The molecule has 162 valence electrons. The molecule has 0 bridgehead atoms. The van der Waals surface area contributed by atoms with E-state index in [9.17, 15) is 9.59 Å². The number of carbonyl (C=O) groups excluding carboxylic acids is 1. The SMILES string of the molecule is COc1cc(OC)c(NC(=O)[C@@H](C)n2nc(-c3ccc(C)c(C)c3)ccc2=O)cc1Cl. The van der Waals surface area contributed by atoms with Crippen LogP contribution >= 0.6 is 11.6 Å². The Kier molecular flexibility index (Phi) is 6.65. The number of nitrogens with one attached hydrogen (secondary N) is 1. The van der Waals surface area contributed by atoms with Gasteiger partial charge in [0.25, 0.3) is 5.56 Å². The van der Waals surface area contributed by atoms with Crippen molar-refractivity contribution in [1.82, 2.24) is 9.78 Å². The number of aromatic nitrogens is 2. The summed E-state index contributed by atoms with van der Waals surface area (Å²) in [5.74, 6) is 0.362. The minimum absolute atomic E-state index is 0.318. The lowest BCUT2D eigenvalue weighted by molar-refractivity contribution is -0.119. The molecule has 1 aromatic heterocycles. The fourth-order valence-electron chi connectivity index (χ4n) is 3.06. The van der Waals surface area contributed by atoms with Gasteiger partial charge in [0.1, 0.15) is 17.5 Å². The predicted molar refractivity (Wildman–Crippen MR) is 121 cm³/mol. The third kappa shape index (κ3) is 4.72. The molecule has 1 atom stereocenters. The Labute approximate surface area is 185 Å². The molecule has 0 aliphatic carbocycles. The normalized spacial score (nSPS) is 11.7. The van der Waals surface area contributed by atoms with Crippen LogP contribution in [0.1, 0.15) is 24.1 Å². The third-order valence-electron chi connectivity index (χ3n) is 5.11. The van der Waals surface area contributed by atoms with Crippen molar-refractivity contribution in [3.05, 3.63) is 69.0 Å². The van der Waals surface area contributed by atoms with E-state index in [0.29, 0.717) is 27.9 Å². The fraction of sp³-hybridized carbons (Fsp3) is 0.261. The first kappa shape index (κ1) is 22.4. The quantitative estimate of drug-likeness (QED) is 0.613. The molecule has 3 aromatic rings. The average molecular weight is 442 g/mol. The zero-order valence-electron chi connectivity index (χ0n) is 18.0. The number of amides is 1. The molecule has 0 fully saturated rings. The number of anilines is 1. The van der Waals surface area contributed by atoms with E-state index in [1.165, 1.54) is 26.4 Å². The molecule has 0 spiro atoms. The summed E-state index contributed by atoms with van der Waals surface area (Å²) in [6.07, 6.45) is 0. The second kappa shape index (κ2) is 9.22. The Morgan fingerprint density at radius 2 is 1.74 bits per heavy atom. The molecule has 1 heterocycles. The molecule has 31 heavy (non-hydrogen) atoms. The lowest BCUT2D eigenvalue weighted by Gasteiger charge is -2.17. The number of carbonyl (C=O) groups is 1. The Balaban J connectivity index is 1.91. The molecule has 1 N–H and O–H groups in total. The van der Waals surface area contributed by atoms with Crippen molar-refractivity contribution in [2.45, 2.75) is 26.8 Å². The van der Waals surface area contributed by atoms with Crippen LogP contribution in [0.4, 0.5) is 5.69 Å². The van der Waals surface area contributed by atoms with E-state index in [-0.39, 0.29) is 5.56 Å². The maximum Gasteiger partial charge on any atom is 0.267 e. The second-order valence-electron chi connectivity index (χ2n) is 7.15. The molecule has 3 rings (SSSR count). The van der Waals surface area contributed by atoms with Gasteiger partial charge in [-0.3, -0.25) is 9.59 Å². The molecule has 8 heteroatoms. The van der Waals surface area contributed by atoms with Gasteiger partial charge in [-0.25, -0.2) is 4.68 Å². The number of hydrogen-bond acceptors (Lipinski definition) is 5. The standard InChI is InChI=1S/C23H24ClN3O4/c1-13-6-7-16(10-14(13)2)18-8-9-22(28)27(26-18)15(3)23(29)25-19-11-17(24)20(30-4)12-21(19)31-5/h6-12,15H,1-5H3,(H,25,29)/t15-/m1/s1. The number of benzene rings is 2. The number of hydrogen-bond donors (Lipinski definition) is 1. The maximum absolute atomic E-state index is 12.9. The minimum atomic E-state index is -0.871. The highest BCUT2D eigenvalue weighted by molar-refractivity contribution is 6.32. The number of rotatable bonds is 6. The summed E-state index contributed by atoms with van der Waals surface area (Å²) in [6.45, 7) is 5.64. The zero-order valence-corrected chi connectivity index (χ0v) is 18.8. The van der Waals surface area contributed by atoms with Gasteiger partial charge < -0.3 is 14.8 Å². The number of methoxy groups -OCH3 is 2. The van der Waals surface area contributed by atoms with Gasteiger partial charge in [0.2, 0.25) is 5.91 Å². The van der Waals surface area contributed by atoms with E-state index >= 15 is 0 Å². The largest absolute Gasteiger partial charge is 0.495 e. The Hall–Kier alpha value is -3.32. The highest BCUT2D eigenvalue weighted by Gasteiger charge is 2.21. The van der Waals surface area contributed by atoms with Crippen molar-refractivity contribution in [3.8, 4) is 22.8 Å². The second-order valence-corrected chi connectivity index (χ2v) is 7.56. The lowest BCUT2D eigenvalue weighted by Crippen LogP contribution is -2.33. The van der Waals surface area contributed by atoms with E-state index < -0.39 is 11.9 Å². The van der Waals surface area contributed by atoms with Crippen molar-refractivity contribution in [1.29, 1.82) is 0 Å². The lowest BCUT2D eigenvalue weighted by atomic mass is 10.0. The predicted octanol–water partition coefficient (Wildman–Crippen LogP) is 4.40. The summed E-state index contributed by atoms with van der Waals surface area (Å²) in [5, 5.41) is 7.50. The number of nitrogens with zero attached hydrogens (tertiary/aromatic N) is 2. The summed E-state index contributed by atoms with van der Waals surface area (Å²) in [4.78, 5) is 25.3. The van der Waals surface area contributed by atoms with E-state index in [2.05, 4.69) is 10.4 Å². The van der Waals surface area contributed by atoms with Crippen molar-refractivity contribution >= 4 is 23.2 Å². The van der Waals surface area contributed by atoms with Crippen molar-refractivity contribution in [2.24, 2.45) is 0 Å². The summed E-state index contributed by atoms with van der Waals surface area (Å²) in [7, 11) is 2.96. The zero-order chi connectivity index (χ0) is 22.7. The Bertz CT molecular complexity index is 1190. The topological polar surface area (TPSA) is 82.4 Å². The minimum Gasteiger partial charge on any atom is -0.495 e. The Morgan fingerprint density at radius 1 is 1.03 bits per heavy atom. The van der Waals surface area contributed by atoms with E-state index in [4.69, 9.17) is 21.1 Å². The van der Waals surface area contributed by atoms with Gasteiger partial charge in [0, 0.05) is 17.7 Å². The van der Waals surface area contributed by atoms with Crippen LogP contribution in [0, 0.1) is 13.8 Å². The first-order valence-corrected chi connectivity index (χ1v) is 10.0. The van der Waals surface area contributed by atoms with Crippen LogP contribution in [0.25, 0.3) is 11.3 Å². The molecule has 1 amide bonds. The molecule has 0 aliphatic heterocycles. The van der Waals surface area contributed by atoms with E-state index in [1.54, 1.807) is 19.1 Å². The van der Waals surface area contributed by atoms with Gasteiger partial charge in [-0.2, -0.15) is 5.10 Å². The molecule has 0 unspecified atom stereocenters. The van der Waals surface area contributed by atoms with Crippen LogP contribution in [-0.4, -0.2) is 29.9 Å². The van der Waals surface area contributed by atoms with E-state index in [0.717, 1.165) is 21.4 Å². The summed E-state index contributed by atoms with van der Waals surface area (Å²) < 4.78 is 11.6. The van der Waals surface area contributed by atoms with Crippen LogP contribution < -0.4 is 20.3 Å². The highest BCUT2D eigenvalue weighted by Crippen LogP contribution is 2.36. The number of aryl methyl sites for hydroxylation is 2. The smallest absolute Gasteiger partial charge is 0.267 e. The molecule has 2 aromatic carbocycles. The summed E-state index contributed by atoms with van der Waals surface area (Å²) in [6, 6.07) is 11.2. The molecule has 0 saturated carbocycles. The monoisotopic (exact) mass is 441 g/mol. The van der Waals surface area contributed by atoms with Crippen LogP contribution in [0.15, 0.2) is 47.3 Å². The van der Waals surface area contributed by atoms with Gasteiger partial charge in [-0.05, 0) is 50.1 Å². The van der Waals surface area contributed by atoms with Gasteiger partial charge >= 0.3 is 0 Å². The number of halogens is 1. The van der Waals surface area contributed by atoms with Gasteiger partial charge in [0.05, 0.1) is 30.6 Å². The van der Waals surface area contributed by atoms with Crippen LogP contribution in [0.5, 0.6) is 11.5 Å². The molecule has 0 aliphatic rings. The average Bonchev–Trinajstić information content (AvgIpc) is 2.75. The molecular formula is C23H24ClN3O4. The summed E-state index contributed by atoms with van der Waals surface area (Å²) in [5.41, 5.74) is 3.74. The maximum atomic E-state index is 12.9. The molecular weight excluding hydrogens is 418 g/mol. The molecule has 0 radical (unpaired) electrons. The molecule has 7 nitrogen and oxygen atoms in total. The third-order valence-corrected chi connectivity index (χ3v) is 5.40. The first-order valence-electron chi connectivity index (χ1n) is 9.65. The fourth-order valence-corrected chi connectivity index (χ4v) is 3.30. The van der Waals surface area contributed by atoms with Gasteiger partial charge in [-0.15, -0.1) is 0 Å². The van der Waals surface area contributed by atoms with Crippen molar-refractivity contribution < 1.29 is 14.3 Å². The van der Waals surface area contributed by atoms with Crippen LogP contribution in [0.3, 0.4) is 0 Å². The number of ether oxygens (including phenoxy) is 2. The van der Waals surface area contributed by atoms with Crippen molar-refractivity contribution in [3.63, 3.8) is 0 Å². The van der Waals surface area contributed by atoms with E-state index in [1.807, 2.05) is 32.0 Å². The van der Waals surface area contributed by atoms with Crippen molar-refractivity contribution in [2.75, 3.05) is 19.5 Å². The van der Waals surface area contributed by atoms with Gasteiger partial charge in [0.15, 0.2) is 0 Å². The van der Waals surface area contributed by atoms with Crippen LogP contribution in [-0.2, 0) is 4.79 Å². The summed E-state index contributed by atoms with van der Waals surface area (Å²) >= 11 is 6.18. The Morgan fingerprint density at radius 3 is 2.39 bits per heavy atom. The highest BCUT2D eigenvalue weighted by atomic mass is 35.5. The van der Waals surface area contributed by atoms with Gasteiger partial charge in [-0.1, -0.05) is 23.7 Å².